The molecule has 1 aromatic heterocycles. The number of aromatic nitrogens is 1. The number of anilines is 1. The minimum Gasteiger partial charge on any atom is -0.441 e. The average Bonchev–Trinajstić information content (AvgIpc) is 2.57. The van der Waals surface area contributed by atoms with Crippen LogP contribution in [-0.4, -0.2) is 11.0 Å². The summed E-state index contributed by atoms with van der Waals surface area (Å²) >= 11 is 0. The van der Waals surface area contributed by atoms with Crippen LogP contribution in [0.15, 0.2) is 22.6 Å². The zero-order valence-electron chi connectivity index (χ0n) is 8.07. The smallest absolute Gasteiger partial charge is 0.333 e. The Balaban J connectivity index is 2.33. The normalized spacial score (nSPS) is 10.3. The van der Waals surface area contributed by atoms with E-state index in [9.17, 15) is 4.79 Å². The summed E-state index contributed by atoms with van der Waals surface area (Å²) < 4.78 is 5.31. The van der Waals surface area contributed by atoms with Crippen LogP contribution < -0.4 is 16.6 Å². The molecule has 1 aromatic carbocycles. The molecule has 0 radical (unpaired) electrons. The summed E-state index contributed by atoms with van der Waals surface area (Å²) in [6, 6.07) is 4.69. The Labute approximate surface area is 85.4 Å². The predicted molar refractivity (Wildman–Crippen MR) is 55.1 cm³/mol. The molecule has 0 aliphatic heterocycles. The van der Waals surface area contributed by atoms with Crippen molar-refractivity contribution in [3.8, 4) is 0 Å². The number of carbonyl (C=O) groups is 1. The van der Waals surface area contributed by atoms with Crippen molar-refractivity contribution in [1.29, 1.82) is 0 Å². The van der Waals surface area contributed by atoms with Crippen LogP contribution in [0.3, 0.4) is 0 Å². The number of carbonyl (C=O) groups excluding carboxylic acids is 1. The van der Waals surface area contributed by atoms with Crippen molar-refractivity contribution in [1.82, 2.24) is 10.4 Å². The molecular formula is C9H10N4O2. The van der Waals surface area contributed by atoms with Gasteiger partial charge in [0.05, 0.1) is 0 Å². The minimum absolute atomic E-state index is 0.481. The third kappa shape index (κ3) is 1.89. The molecule has 0 bridgehead atoms. The van der Waals surface area contributed by atoms with E-state index in [4.69, 9.17) is 10.3 Å². The second-order valence-electron chi connectivity index (χ2n) is 3.01. The number of amides is 2. The van der Waals surface area contributed by atoms with Crippen LogP contribution in [0.1, 0.15) is 5.89 Å². The van der Waals surface area contributed by atoms with E-state index in [0.717, 1.165) is 5.52 Å². The molecule has 2 rings (SSSR count). The van der Waals surface area contributed by atoms with Gasteiger partial charge in [-0.05, 0) is 12.1 Å². The quantitative estimate of drug-likeness (QED) is 0.370. The van der Waals surface area contributed by atoms with Crippen molar-refractivity contribution in [2.75, 3.05) is 5.32 Å². The number of fused-ring (bicyclic) bond motifs is 1. The van der Waals surface area contributed by atoms with Crippen molar-refractivity contribution in [2.24, 2.45) is 5.84 Å². The van der Waals surface area contributed by atoms with Gasteiger partial charge >= 0.3 is 6.03 Å². The molecule has 6 nitrogen and oxygen atoms in total. The number of oxazole rings is 1. The summed E-state index contributed by atoms with van der Waals surface area (Å²) in [6.07, 6.45) is 0. The maximum Gasteiger partial charge on any atom is 0.333 e. The Morgan fingerprint density at radius 1 is 1.53 bits per heavy atom. The maximum absolute atomic E-state index is 10.9. The Kier molecular flexibility index (Phi) is 2.26. The average molecular weight is 206 g/mol. The molecule has 0 unspecified atom stereocenters. The van der Waals surface area contributed by atoms with Crippen LogP contribution in [0.25, 0.3) is 11.1 Å². The van der Waals surface area contributed by atoms with Crippen LogP contribution in [0.2, 0.25) is 0 Å². The Morgan fingerprint density at radius 2 is 2.33 bits per heavy atom. The van der Waals surface area contributed by atoms with Gasteiger partial charge in [0.15, 0.2) is 11.5 Å². The van der Waals surface area contributed by atoms with Crippen molar-refractivity contribution in [3.05, 3.63) is 24.1 Å². The second kappa shape index (κ2) is 3.58. The Hall–Kier alpha value is -2.08. The first-order valence-corrected chi connectivity index (χ1v) is 4.34. The largest absolute Gasteiger partial charge is 0.441 e. The number of hydrogen-bond acceptors (Lipinski definition) is 4. The molecular weight excluding hydrogens is 196 g/mol. The van der Waals surface area contributed by atoms with Gasteiger partial charge in [-0.15, -0.1) is 0 Å². The molecule has 0 spiro atoms. The monoisotopic (exact) mass is 206 g/mol. The maximum atomic E-state index is 10.9. The fourth-order valence-electron chi connectivity index (χ4n) is 1.28. The lowest BCUT2D eigenvalue weighted by Crippen LogP contribution is -2.34. The van der Waals surface area contributed by atoms with Gasteiger partial charge in [0.2, 0.25) is 0 Å². The zero-order chi connectivity index (χ0) is 10.8. The van der Waals surface area contributed by atoms with Crippen molar-refractivity contribution >= 4 is 22.8 Å². The van der Waals surface area contributed by atoms with Gasteiger partial charge in [-0.3, -0.25) is 5.43 Å². The molecule has 0 aliphatic rings. The summed E-state index contributed by atoms with van der Waals surface area (Å²) in [5.74, 6) is 5.53. The van der Waals surface area contributed by atoms with Crippen molar-refractivity contribution in [2.45, 2.75) is 6.92 Å². The molecule has 0 aliphatic carbocycles. The topological polar surface area (TPSA) is 93.2 Å². The molecule has 0 saturated carbocycles. The van der Waals surface area contributed by atoms with E-state index in [1.54, 1.807) is 25.1 Å². The van der Waals surface area contributed by atoms with Crippen LogP contribution in [0.5, 0.6) is 0 Å². The van der Waals surface area contributed by atoms with Gasteiger partial charge in [0.1, 0.15) is 5.52 Å². The van der Waals surface area contributed by atoms with E-state index in [0.29, 0.717) is 17.2 Å². The van der Waals surface area contributed by atoms with E-state index in [1.807, 2.05) is 5.43 Å². The molecule has 2 amide bonds. The van der Waals surface area contributed by atoms with Crippen LogP contribution in [0, 0.1) is 6.92 Å². The number of benzene rings is 1. The lowest BCUT2D eigenvalue weighted by atomic mass is 10.3. The third-order valence-corrected chi connectivity index (χ3v) is 1.88. The molecule has 78 valence electrons. The fourth-order valence-corrected chi connectivity index (χ4v) is 1.28. The van der Waals surface area contributed by atoms with Gasteiger partial charge in [0, 0.05) is 18.7 Å². The molecule has 0 fully saturated rings. The van der Waals surface area contributed by atoms with Crippen LogP contribution in [0.4, 0.5) is 10.5 Å². The summed E-state index contributed by atoms with van der Waals surface area (Å²) in [7, 11) is 0. The fraction of sp³-hybridized carbons (Fsp3) is 0.111. The standard InChI is InChI=1S/C9H10N4O2/c1-5-11-7-3-2-6(4-8(7)15-5)12-9(14)13-10/h2-4H,10H2,1H3,(H2,12,13,14). The highest BCUT2D eigenvalue weighted by molar-refractivity contribution is 5.91. The van der Waals surface area contributed by atoms with Gasteiger partial charge in [0.25, 0.3) is 0 Å². The lowest BCUT2D eigenvalue weighted by molar-refractivity contribution is 0.252. The highest BCUT2D eigenvalue weighted by atomic mass is 16.3. The van der Waals surface area contributed by atoms with Gasteiger partial charge < -0.3 is 9.73 Å². The second-order valence-corrected chi connectivity index (χ2v) is 3.01. The third-order valence-electron chi connectivity index (χ3n) is 1.88. The lowest BCUT2D eigenvalue weighted by Gasteiger charge is -2.02. The van der Waals surface area contributed by atoms with Crippen LogP contribution >= 0.6 is 0 Å². The van der Waals surface area contributed by atoms with Gasteiger partial charge in [-0.2, -0.15) is 0 Å². The first kappa shape index (κ1) is 9.47. The number of urea groups is 1. The number of nitrogens with one attached hydrogen (secondary N) is 2. The van der Waals surface area contributed by atoms with Crippen molar-refractivity contribution < 1.29 is 9.21 Å². The van der Waals surface area contributed by atoms with E-state index in [2.05, 4.69) is 10.3 Å². The molecule has 1 heterocycles. The van der Waals surface area contributed by atoms with E-state index in [1.165, 1.54) is 0 Å². The zero-order valence-corrected chi connectivity index (χ0v) is 8.07. The number of hydrazine groups is 1. The molecule has 0 saturated heterocycles. The minimum atomic E-state index is -0.481. The Bertz CT molecular complexity index is 506. The molecule has 0 atom stereocenters. The highest BCUT2D eigenvalue weighted by Gasteiger charge is 2.04. The molecule has 2 aromatic rings. The number of hydrogen-bond donors (Lipinski definition) is 3. The predicted octanol–water partition coefficient (Wildman–Crippen LogP) is 1.13. The first-order chi connectivity index (χ1) is 7.19. The molecule has 15 heavy (non-hydrogen) atoms. The highest BCUT2D eigenvalue weighted by Crippen LogP contribution is 2.19. The number of aryl methyl sites for hydroxylation is 1. The summed E-state index contributed by atoms with van der Waals surface area (Å²) in [6.45, 7) is 1.76. The number of nitrogens with two attached hydrogens (primary N) is 1. The number of nitrogens with zero attached hydrogens (tertiary/aromatic N) is 1. The van der Waals surface area contributed by atoms with Gasteiger partial charge in [-0.1, -0.05) is 0 Å². The SMILES string of the molecule is Cc1nc2ccc(NC(=O)NN)cc2o1. The summed E-state index contributed by atoms with van der Waals surface area (Å²) in [5, 5.41) is 2.53. The molecule has 6 heteroatoms. The van der Waals surface area contributed by atoms with E-state index < -0.39 is 6.03 Å². The summed E-state index contributed by atoms with van der Waals surface area (Å²) in [5.41, 5.74) is 3.95. The van der Waals surface area contributed by atoms with Crippen molar-refractivity contribution in [3.63, 3.8) is 0 Å². The van der Waals surface area contributed by atoms with E-state index in [-0.39, 0.29) is 0 Å². The van der Waals surface area contributed by atoms with Gasteiger partial charge in [-0.25, -0.2) is 15.6 Å². The van der Waals surface area contributed by atoms with E-state index >= 15 is 0 Å². The number of rotatable bonds is 1. The Morgan fingerprint density at radius 3 is 3.07 bits per heavy atom. The first-order valence-electron chi connectivity index (χ1n) is 4.34. The molecule has 4 N–H and O–H groups in total. The van der Waals surface area contributed by atoms with Crippen LogP contribution in [-0.2, 0) is 0 Å². The summed E-state index contributed by atoms with van der Waals surface area (Å²) in [4.78, 5) is 15.1.